The van der Waals surface area contributed by atoms with Crippen molar-refractivity contribution in [3.63, 3.8) is 0 Å². The Morgan fingerprint density at radius 2 is 1.87 bits per heavy atom. The van der Waals surface area contributed by atoms with Gasteiger partial charge in [-0.25, -0.2) is 8.78 Å². The SMILES string of the molecule is N#Cc1c(F)cc(C#CCCCl)cc1F. The molecule has 0 saturated heterocycles. The third-order valence-electron chi connectivity index (χ3n) is 1.61. The molecular weight excluding hydrogens is 220 g/mol. The van der Waals surface area contributed by atoms with Crippen molar-refractivity contribution in [2.75, 3.05) is 5.88 Å². The molecular formula is C11H6ClF2N. The Morgan fingerprint density at radius 1 is 1.27 bits per heavy atom. The van der Waals surface area contributed by atoms with E-state index in [0.29, 0.717) is 12.3 Å². The van der Waals surface area contributed by atoms with Gasteiger partial charge in [-0.05, 0) is 12.1 Å². The van der Waals surface area contributed by atoms with E-state index in [1.807, 2.05) is 0 Å². The molecule has 1 rings (SSSR count). The second-order valence-corrected chi connectivity index (χ2v) is 3.05. The molecule has 0 heterocycles. The summed E-state index contributed by atoms with van der Waals surface area (Å²) in [6, 6.07) is 3.50. The zero-order valence-corrected chi connectivity index (χ0v) is 8.41. The Labute approximate surface area is 91.3 Å². The summed E-state index contributed by atoms with van der Waals surface area (Å²) in [6.07, 6.45) is 0.449. The molecule has 1 nitrogen and oxygen atoms in total. The highest BCUT2D eigenvalue weighted by molar-refractivity contribution is 6.18. The third-order valence-corrected chi connectivity index (χ3v) is 1.80. The lowest BCUT2D eigenvalue weighted by Gasteiger charge is -1.96. The largest absolute Gasteiger partial charge is 0.205 e. The predicted octanol–water partition coefficient (Wildman–Crippen LogP) is 2.82. The zero-order valence-electron chi connectivity index (χ0n) is 7.65. The van der Waals surface area contributed by atoms with Crippen LogP contribution >= 0.6 is 11.6 Å². The highest BCUT2D eigenvalue weighted by Crippen LogP contribution is 2.13. The summed E-state index contributed by atoms with van der Waals surface area (Å²) >= 11 is 5.38. The number of nitrogens with zero attached hydrogens (tertiary/aromatic N) is 1. The minimum Gasteiger partial charge on any atom is -0.205 e. The van der Waals surface area contributed by atoms with E-state index in [1.54, 1.807) is 0 Å². The number of benzene rings is 1. The van der Waals surface area contributed by atoms with Crippen molar-refractivity contribution in [3.05, 3.63) is 34.9 Å². The van der Waals surface area contributed by atoms with Crippen molar-refractivity contribution in [2.45, 2.75) is 6.42 Å². The van der Waals surface area contributed by atoms with Gasteiger partial charge >= 0.3 is 0 Å². The Kier molecular flexibility index (Phi) is 4.09. The van der Waals surface area contributed by atoms with Gasteiger partial charge in [0.1, 0.15) is 23.3 Å². The van der Waals surface area contributed by atoms with E-state index in [9.17, 15) is 8.78 Å². The normalized spacial score (nSPS) is 8.93. The lowest BCUT2D eigenvalue weighted by atomic mass is 10.1. The molecule has 76 valence electrons. The van der Waals surface area contributed by atoms with Gasteiger partial charge in [-0.15, -0.1) is 11.6 Å². The smallest absolute Gasteiger partial charge is 0.145 e. The minimum atomic E-state index is -0.896. The van der Waals surface area contributed by atoms with Crippen LogP contribution in [-0.4, -0.2) is 5.88 Å². The Bertz CT molecular complexity index is 443. The second-order valence-electron chi connectivity index (χ2n) is 2.67. The fraction of sp³-hybridized carbons (Fsp3) is 0.182. The van der Waals surface area contributed by atoms with Crippen molar-refractivity contribution in [3.8, 4) is 17.9 Å². The fourth-order valence-electron chi connectivity index (χ4n) is 0.964. The number of nitriles is 1. The Balaban J connectivity index is 3.07. The van der Waals surface area contributed by atoms with Gasteiger partial charge < -0.3 is 0 Å². The average molecular weight is 226 g/mol. The van der Waals surface area contributed by atoms with E-state index in [2.05, 4.69) is 11.8 Å². The van der Waals surface area contributed by atoms with Gasteiger partial charge in [-0.3, -0.25) is 0 Å². The Hall–Kier alpha value is -1.58. The molecule has 0 aliphatic rings. The zero-order chi connectivity index (χ0) is 11.3. The summed E-state index contributed by atoms with van der Waals surface area (Å²) < 4.78 is 26.1. The van der Waals surface area contributed by atoms with Crippen LogP contribution < -0.4 is 0 Å². The maximum Gasteiger partial charge on any atom is 0.145 e. The third kappa shape index (κ3) is 2.94. The molecule has 0 radical (unpaired) electrons. The lowest BCUT2D eigenvalue weighted by Crippen LogP contribution is -1.91. The molecule has 0 atom stereocenters. The summed E-state index contributed by atoms with van der Waals surface area (Å²) in [7, 11) is 0. The quantitative estimate of drug-likeness (QED) is 0.533. The first kappa shape index (κ1) is 11.5. The first-order valence-electron chi connectivity index (χ1n) is 4.13. The van der Waals surface area contributed by atoms with Gasteiger partial charge in [0, 0.05) is 17.9 Å². The predicted molar refractivity (Wildman–Crippen MR) is 53.3 cm³/mol. The minimum absolute atomic E-state index is 0.203. The maximum absolute atomic E-state index is 13.1. The summed E-state index contributed by atoms with van der Waals surface area (Å²) in [4.78, 5) is 0. The van der Waals surface area contributed by atoms with Crippen LogP contribution in [0.1, 0.15) is 17.5 Å². The maximum atomic E-state index is 13.1. The van der Waals surface area contributed by atoms with Gasteiger partial charge in [-0.2, -0.15) is 5.26 Å². The average Bonchev–Trinajstić information content (AvgIpc) is 2.18. The standard InChI is InChI=1S/C11H6ClF2N/c12-4-2-1-3-8-5-10(13)9(7-15)11(14)6-8/h5-6H,2,4H2. The van der Waals surface area contributed by atoms with Crippen molar-refractivity contribution in [1.29, 1.82) is 5.26 Å². The van der Waals surface area contributed by atoms with Gasteiger partial charge in [0.2, 0.25) is 0 Å². The van der Waals surface area contributed by atoms with Gasteiger partial charge in [0.15, 0.2) is 0 Å². The molecule has 15 heavy (non-hydrogen) atoms. The topological polar surface area (TPSA) is 23.8 Å². The van der Waals surface area contributed by atoms with E-state index in [1.165, 1.54) is 6.07 Å². The molecule has 0 saturated carbocycles. The van der Waals surface area contributed by atoms with Crippen LogP contribution in [0, 0.1) is 34.8 Å². The van der Waals surface area contributed by atoms with Crippen LogP contribution in [-0.2, 0) is 0 Å². The lowest BCUT2D eigenvalue weighted by molar-refractivity contribution is 0.576. The van der Waals surface area contributed by atoms with E-state index in [4.69, 9.17) is 16.9 Å². The summed E-state index contributed by atoms with van der Waals surface area (Å²) in [5.74, 6) is 3.78. The summed E-state index contributed by atoms with van der Waals surface area (Å²) in [6.45, 7) is 0. The molecule has 0 aromatic heterocycles. The molecule has 0 bridgehead atoms. The molecule has 0 amide bonds. The highest BCUT2D eigenvalue weighted by atomic mass is 35.5. The van der Waals surface area contributed by atoms with E-state index in [-0.39, 0.29) is 5.56 Å². The van der Waals surface area contributed by atoms with Gasteiger partial charge in [-0.1, -0.05) is 11.8 Å². The number of hydrogen-bond acceptors (Lipinski definition) is 1. The monoisotopic (exact) mass is 225 g/mol. The summed E-state index contributed by atoms with van der Waals surface area (Å²) in [5, 5.41) is 8.42. The van der Waals surface area contributed by atoms with Crippen molar-refractivity contribution in [1.82, 2.24) is 0 Å². The molecule has 0 aliphatic heterocycles. The molecule has 1 aromatic rings. The second kappa shape index (κ2) is 5.34. The van der Waals surface area contributed by atoms with Crippen LogP contribution in [0.5, 0.6) is 0 Å². The number of halogens is 3. The van der Waals surface area contributed by atoms with Crippen LogP contribution in [0.4, 0.5) is 8.78 Å². The van der Waals surface area contributed by atoms with E-state index >= 15 is 0 Å². The van der Waals surface area contributed by atoms with E-state index in [0.717, 1.165) is 12.1 Å². The fourth-order valence-corrected chi connectivity index (χ4v) is 1.06. The molecule has 1 aromatic carbocycles. The molecule has 0 aliphatic carbocycles. The number of rotatable bonds is 1. The van der Waals surface area contributed by atoms with Gasteiger partial charge in [0.25, 0.3) is 0 Å². The summed E-state index contributed by atoms with van der Waals surface area (Å²) in [5.41, 5.74) is -0.382. The van der Waals surface area contributed by atoms with Crippen molar-refractivity contribution < 1.29 is 8.78 Å². The Morgan fingerprint density at radius 3 is 2.33 bits per heavy atom. The first-order valence-corrected chi connectivity index (χ1v) is 4.66. The van der Waals surface area contributed by atoms with E-state index < -0.39 is 17.2 Å². The van der Waals surface area contributed by atoms with Crippen molar-refractivity contribution in [2.24, 2.45) is 0 Å². The molecule has 0 N–H and O–H groups in total. The number of alkyl halides is 1. The first-order chi connectivity index (χ1) is 7.19. The number of hydrogen-bond donors (Lipinski definition) is 0. The molecule has 0 spiro atoms. The molecule has 4 heteroatoms. The molecule has 0 unspecified atom stereocenters. The van der Waals surface area contributed by atoms with Crippen LogP contribution in [0.15, 0.2) is 12.1 Å². The van der Waals surface area contributed by atoms with Gasteiger partial charge in [0.05, 0.1) is 0 Å². The highest BCUT2D eigenvalue weighted by Gasteiger charge is 2.09. The molecule has 0 fully saturated rings. The van der Waals surface area contributed by atoms with Crippen LogP contribution in [0.25, 0.3) is 0 Å². The van der Waals surface area contributed by atoms with Crippen LogP contribution in [0.3, 0.4) is 0 Å². The van der Waals surface area contributed by atoms with Crippen molar-refractivity contribution >= 4 is 11.6 Å². The van der Waals surface area contributed by atoms with Crippen LogP contribution in [0.2, 0.25) is 0 Å².